The van der Waals surface area contributed by atoms with Crippen molar-refractivity contribution in [2.75, 3.05) is 139 Å². The number of allylic oxidation sites excluding steroid dienone is 9. The molecule has 18 atom stereocenters. The lowest BCUT2D eigenvalue weighted by atomic mass is 9.79. The molecule has 5 saturated heterocycles. The molecule has 0 aromatic rings. The third-order valence-electron chi connectivity index (χ3n) is 25.1. The maximum atomic E-state index is 13.3. The molecule has 0 aromatic carbocycles. The summed E-state index contributed by atoms with van der Waals surface area (Å²) in [5.74, 6) is -2.27. The second-order valence-corrected chi connectivity index (χ2v) is 38.1. The molecule has 9 aliphatic rings. The van der Waals surface area contributed by atoms with Crippen molar-refractivity contribution >= 4 is 82.3 Å². The first-order valence-electron chi connectivity index (χ1n) is 46.3. The third-order valence-corrected chi connectivity index (χ3v) is 28.8. The zero-order valence-electron chi connectivity index (χ0n) is 81.7. The average Bonchev–Trinajstić information content (AvgIpc) is 1.58. The third kappa shape index (κ3) is 36.5. The molecule has 7 aliphatic heterocycles. The Morgan fingerprint density at radius 1 is 0.541 bits per heavy atom. The number of nitrogens with two attached hydrogens (primary N) is 2. The van der Waals surface area contributed by atoms with Crippen molar-refractivity contribution in [1.82, 2.24) is 42.5 Å². The Balaban J connectivity index is 0.000000315. The van der Waals surface area contributed by atoms with Crippen molar-refractivity contribution < 1.29 is 115 Å². The molecule has 14 N–H and O–H groups in total. The fraction of sp³-hybridized carbons (Fsp3) is 0.684. The highest BCUT2D eigenvalue weighted by molar-refractivity contribution is 8.00. The van der Waals surface area contributed by atoms with Gasteiger partial charge in [0.25, 0.3) is 11.8 Å². The van der Waals surface area contributed by atoms with Crippen LogP contribution in [0.15, 0.2) is 128 Å². The predicted molar refractivity (Wildman–Crippen MR) is 513 cm³/mol. The number of carbonyl (C=O) groups excluding carboxylic acids is 10. The number of carbonyl (C=O) groups is 10. The normalized spacial score (nSPS) is 31.6. The van der Waals surface area contributed by atoms with E-state index in [0.29, 0.717) is 126 Å². The van der Waals surface area contributed by atoms with Gasteiger partial charge < -0.3 is 121 Å². The quantitative estimate of drug-likeness (QED) is 0.00712. The number of unbranched alkanes of at least 4 members (excludes halogenated alkanes) is 2. The van der Waals surface area contributed by atoms with Gasteiger partial charge in [0.15, 0.2) is 34.4 Å². The van der Waals surface area contributed by atoms with Crippen LogP contribution in [0, 0.1) is 33.5 Å². The van der Waals surface area contributed by atoms with Crippen molar-refractivity contribution in [1.29, 1.82) is 0 Å². The molecule has 9 rings (SSSR count). The number of rotatable bonds is 35. The Hall–Kier alpha value is -8.72. The highest BCUT2D eigenvalue weighted by Gasteiger charge is 2.62. The number of nitrogens with zero attached hydrogens (tertiary/aromatic N) is 2. The SMILES string of the molecule is C1CCOC1.CC12CSC(CCCCC(=O)NCCOCCOCCN)C1(C)NC(=O)N2.CC12CSC(CCCCC(=O)NCCOCCOCCN)C1(C)NC(=O)N2.COC1=C2C[C@@H](C)C[C@H](OC)[C@H](O)[C@@H](C)/C=C(\C)[C@H](ON=O)[C@@H](OC)/C=C\C=C(/C)C(=O)NC(=CC1=O)C2=O.CO[C@H]1/C=C\C=C(/C)C(=O)NC2=CC(=O)C=C(C[C@@H](C)C[C@H](OC)[C@H](O)[C@@H](C)/C=C(\C)[C@@H]1ON=O)C2=O. The van der Waals surface area contributed by atoms with Crippen LogP contribution < -0.4 is 54.0 Å². The molecule has 758 valence electrons. The largest absolute Gasteiger partial charge is 0.492 e. The summed E-state index contributed by atoms with van der Waals surface area (Å²) in [5, 5.41) is 51.2. The molecule has 0 aromatic heterocycles. The topological polar surface area (TPSA) is 529 Å². The summed E-state index contributed by atoms with van der Waals surface area (Å²) in [5.41, 5.74) is 11.7. The fourth-order valence-electron chi connectivity index (χ4n) is 16.8. The standard InChI is InChI=1S/C28H38N2O9.C27H36N2O8.2C18H34N4O4S.C4H8O/c1-15-11-19-25(33)20(14-21(31)27(19)38-7)29-28(34)16(2)9-8-10-22(36-5)26(39-30-35)18(4)13-17(3)24(32)23(12-15)37-6;1-15-10-19-13-20(30)14-21(25(19)32)28-27(33)16(2)8-7-9-22(35-5)26(37-29-34)18(4)12-17(3)24(31)23(11-15)36-6;2*1-17-13-27-14(18(17,2)22-16(24)21-17)5-3-4-6-15(23)20-8-10-26-12-11-25-9-7-19;1-2-4-5-3-1/h8-10,13-15,17,22-24,26,32H,11-12H2,1-7H3,(H,29,34);7-9,12-15,17,22-24,26,31H,10-11H2,1-6H3,(H,28,33);2*14H,3-13,19H2,1-2H3,(H,20,23)(H2,21,22,24);1-4H2/b10-8-,16-9+,18-13+;9-7-,16-8+,18-12+;;;/t2*15-,17+,22+,23+,24-,26+;;;/m11.../s1. The van der Waals surface area contributed by atoms with E-state index in [-0.39, 0.29) is 116 Å². The van der Waals surface area contributed by atoms with Gasteiger partial charge in [0.05, 0.1) is 118 Å². The number of thioether (sulfide) groups is 2. The van der Waals surface area contributed by atoms with Gasteiger partial charge in [-0.2, -0.15) is 23.5 Å². The first-order valence-corrected chi connectivity index (χ1v) is 48.4. The van der Waals surface area contributed by atoms with E-state index in [2.05, 4.69) is 80.9 Å². The van der Waals surface area contributed by atoms with Gasteiger partial charge in [0, 0.05) is 149 Å². The molecule has 38 nitrogen and oxygen atoms in total. The Kier molecular flexibility index (Phi) is 52.1. The number of Topliss-reactive ketones (excluding diaryl/α,β-unsaturated/α-hetero) is 2. The van der Waals surface area contributed by atoms with Gasteiger partial charge in [-0.15, -0.1) is 9.81 Å². The van der Waals surface area contributed by atoms with Crippen LogP contribution in [0.2, 0.25) is 0 Å². The maximum absolute atomic E-state index is 13.3. The Morgan fingerprint density at radius 3 is 1.34 bits per heavy atom. The highest BCUT2D eigenvalue weighted by Crippen LogP contribution is 2.49. The van der Waals surface area contributed by atoms with E-state index in [1.807, 2.05) is 44.3 Å². The summed E-state index contributed by atoms with van der Waals surface area (Å²) < 4.78 is 53.5. The van der Waals surface area contributed by atoms with Gasteiger partial charge in [-0.1, -0.05) is 89.1 Å². The lowest BCUT2D eigenvalue weighted by Crippen LogP contribution is -2.58. The van der Waals surface area contributed by atoms with Crippen LogP contribution in [0.1, 0.15) is 173 Å². The average molecular weight is 1940 g/mol. The number of hydrogen-bond acceptors (Lipinski definition) is 32. The van der Waals surface area contributed by atoms with E-state index in [9.17, 15) is 68.0 Å². The van der Waals surface area contributed by atoms with E-state index in [1.165, 1.54) is 66.6 Å². The minimum atomic E-state index is -0.948. The monoisotopic (exact) mass is 1940 g/mol. The van der Waals surface area contributed by atoms with E-state index < -0.39 is 89.8 Å². The minimum absolute atomic E-state index is 0.0592. The lowest BCUT2D eigenvalue weighted by molar-refractivity contribution is -0.122. The molecule has 8 amide bonds. The van der Waals surface area contributed by atoms with Gasteiger partial charge in [-0.05, 0) is 149 Å². The summed E-state index contributed by atoms with van der Waals surface area (Å²) in [4.78, 5) is 156. The summed E-state index contributed by atoms with van der Waals surface area (Å²) in [6.07, 6.45) is 20.3. The van der Waals surface area contributed by atoms with Crippen LogP contribution in [-0.2, 0) is 95.4 Å². The molecule has 0 radical (unpaired) electrons. The Bertz CT molecular complexity index is 4150. The molecular weight excluding hydrogens is 1790 g/mol. The number of amides is 8. The van der Waals surface area contributed by atoms with Crippen LogP contribution in [0.25, 0.3) is 0 Å². The van der Waals surface area contributed by atoms with Gasteiger partial charge >= 0.3 is 12.1 Å². The van der Waals surface area contributed by atoms with Crippen molar-refractivity contribution in [3.8, 4) is 0 Å². The summed E-state index contributed by atoms with van der Waals surface area (Å²) in [6, 6.07) is -0.143. The molecule has 0 spiro atoms. The molecule has 6 unspecified atom stereocenters. The number of aliphatic hydroxyl groups excluding tert-OH is 2. The van der Waals surface area contributed by atoms with Crippen LogP contribution in [0.4, 0.5) is 9.59 Å². The fourth-order valence-corrected chi connectivity index (χ4v) is 20.6. The Morgan fingerprint density at radius 2 is 0.956 bits per heavy atom. The predicted octanol–water partition coefficient (Wildman–Crippen LogP) is 8.05. The van der Waals surface area contributed by atoms with Crippen molar-refractivity contribution in [3.05, 3.63) is 127 Å². The second kappa shape index (κ2) is 60.2. The highest BCUT2D eigenvalue weighted by atomic mass is 32.2. The van der Waals surface area contributed by atoms with Crippen LogP contribution in [0.3, 0.4) is 0 Å². The summed E-state index contributed by atoms with van der Waals surface area (Å²) in [6.45, 7) is 30.6. The number of hydrogen-bond donors (Lipinski definition) is 12. The number of methoxy groups -OCH3 is 5. The number of aliphatic hydroxyl groups is 2. The summed E-state index contributed by atoms with van der Waals surface area (Å²) in [7, 11) is 7.15. The second-order valence-electron chi connectivity index (χ2n) is 35.7. The molecule has 135 heavy (non-hydrogen) atoms. The number of fused-ring (bicyclic) bond motifs is 6. The van der Waals surface area contributed by atoms with Crippen LogP contribution >= 0.6 is 23.5 Å². The van der Waals surface area contributed by atoms with Crippen molar-refractivity contribution in [2.45, 2.75) is 254 Å². The van der Waals surface area contributed by atoms with Gasteiger partial charge in [0.2, 0.25) is 29.2 Å². The molecule has 2 aliphatic carbocycles. The first kappa shape index (κ1) is 117. The molecular formula is C95H150N12O26S2. The number of urea groups is 2. The molecule has 5 fully saturated rings. The Labute approximate surface area is 802 Å². The van der Waals surface area contributed by atoms with Gasteiger partial charge in [-0.3, -0.25) is 38.4 Å². The van der Waals surface area contributed by atoms with E-state index >= 15 is 0 Å². The zero-order valence-corrected chi connectivity index (χ0v) is 83.3. The van der Waals surface area contributed by atoms with E-state index in [4.69, 9.17) is 68.5 Å². The number of ketones is 4. The van der Waals surface area contributed by atoms with Gasteiger partial charge in [-0.25, -0.2) is 9.59 Å². The first-order chi connectivity index (χ1) is 64.3. The minimum Gasteiger partial charge on any atom is -0.492 e. The number of nitrogens with one attached hydrogen (secondary N) is 8. The maximum Gasteiger partial charge on any atom is 0.315 e. The zero-order chi connectivity index (χ0) is 100. The molecule has 0 saturated carbocycles. The van der Waals surface area contributed by atoms with Crippen molar-refractivity contribution in [3.63, 3.8) is 0 Å². The molecule has 40 heteroatoms. The van der Waals surface area contributed by atoms with Crippen molar-refractivity contribution in [2.24, 2.45) is 45.8 Å². The van der Waals surface area contributed by atoms with Gasteiger partial charge in [0.1, 0.15) is 12.2 Å². The lowest BCUT2D eigenvalue weighted by Gasteiger charge is -2.35. The number of ether oxygens (including phenoxy) is 10. The van der Waals surface area contributed by atoms with E-state index in [0.717, 1.165) is 75.4 Å². The molecule has 4 bridgehead atoms. The smallest absolute Gasteiger partial charge is 0.315 e. The van der Waals surface area contributed by atoms with Crippen LogP contribution in [-0.4, -0.2) is 290 Å². The van der Waals surface area contributed by atoms with Crippen LogP contribution in [0.5, 0.6) is 0 Å². The molecule has 7 heterocycles. The van der Waals surface area contributed by atoms with E-state index in [1.54, 1.807) is 71.1 Å². The summed E-state index contributed by atoms with van der Waals surface area (Å²) >= 11 is 3.82.